The van der Waals surface area contributed by atoms with Crippen molar-refractivity contribution in [1.29, 1.82) is 0 Å². The van der Waals surface area contributed by atoms with Crippen LogP contribution in [0.4, 0.5) is 0 Å². The number of hydrogen-bond donors (Lipinski definition) is 2. The van der Waals surface area contributed by atoms with E-state index >= 15 is 0 Å². The molecule has 0 aliphatic rings. The minimum absolute atomic E-state index is 0.0595. The number of halogens is 1. The Hall–Kier alpha value is -0.730. The Labute approximate surface area is 77.0 Å². The number of benzene rings is 1. The van der Waals surface area contributed by atoms with Crippen LogP contribution in [0.15, 0.2) is 18.2 Å². The van der Waals surface area contributed by atoms with Gasteiger partial charge in [0.2, 0.25) is 0 Å². The van der Waals surface area contributed by atoms with Gasteiger partial charge >= 0.3 is 0 Å². The van der Waals surface area contributed by atoms with E-state index in [4.69, 9.17) is 22.4 Å². The van der Waals surface area contributed by atoms with E-state index in [0.717, 1.165) is 5.56 Å². The van der Waals surface area contributed by atoms with Crippen LogP contribution in [-0.4, -0.2) is 11.1 Å². The van der Waals surface area contributed by atoms with Crippen LogP contribution >= 0.6 is 11.6 Å². The summed E-state index contributed by atoms with van der Waals surface area (Å²) < 4.78 is 0. The van der Waals surface area contributed by atoms with Crippen molar-refractivity contribution in [2.45, 2.75) is 19.4 Å². The molecule has 1 atom stereocenters. The zero-order valence-corrected chi connectivity index (χ0v) is 7.67. The van der Waals surface area contributed by atoms with Crippen LogP contribution in [0.25, 0.3) is 0 Å². The zero-order valence-electron chi connectivity index (χ0n) is 6.92. The quantitative estimate of drug-likeness (QED) is 0.740. The van der Waals surface area contributed by atoms with Gasteiger partial charge in [-0.1, -0.05) is 11.6 Å². The van der Waals surface area contributed by atoms with E-state index in [2.05, 4.69) is 0 Å². The monoisotopic (exact) mass is 185 g/mol. The molecule has 12 heavy (non-hydrogen) atoms. The van der Waals surface area contributed by atoms with Crippen molar-refractivity contribution in [1.82, 2.24) is 0 Å². The first-order valence-corrected chi connectivity index (χ1v) is 4.20. The summed E-state index contributed by atoms with van der Waals surface area (Å²) in [5, 5.41) is 9.81. The molecule has 0 fully saturated rings. The molecule has 0 bridgehead atoms. The minimum Gasteiger partial charge on any atom is -0.508 e. The highest BCUT2D eigenvalue weighted by Crippen LogP contribution is 2.21. The lowest BCUT2D eigenvalue weighted by Crippen LogP contribution is -2.17. The summed E-state index contributed by atoms with van der Waals surface area (Å²) in [6.45, 7) is 1.90. The highest BCUT2D eigenvalue weighted by atomic mass is 35.5. The maximum absolute atomic E-state index is 9.15. The van der Waals surface area contributed by atoms with Crippen molar-refractivity contribution in [3.8, 4) is 5.75 Å². The summed E-state index contributed by atoms with van der Waals surface area (Å²) in [5.74, 6) is 0.232. The summed E-state index contributed by atoms with van der Waals surface area (Å²) in [6.07, 6.45) is 0.688. The maximum atomic E-state index is 9.15. The number of hydrogen-bond acceptors (Lipinski definition) is 2. The number of nitrogens with two attached hydrogens (primary N) is 1. The van der Waals surface area contributed by atoms with Crippen molar-refractivity contribution in [2.24, 2.45) is 5.73 Å². The number of phenolic OH excluding ortho intramolecular Hbond substituents is 1. The fourth-order valence-electron chi connectivity index (χ4n) is 1.06. The molecule has 0 unspecified atom stereocenters. The first-order valence-electron chi connectivity index (χ1n) is 3.82. The van der Waals surface area contributed by atoms with Crippen LogP contribution in [0.1, 0.15) is 12.5 Å². The molecule has 1 rings (SSSR count). The summed E-state index contributed by atoms with van der Waals surface area (Å²) >= 11 is 5.87. The van der Waals surface area contributed by atoms with Gasteiger partial charge in [0.25, 0.3) is 0 Å². The van der Waals surface area contributed by atoms with Gasteiger partial charge in [0.05, 0.1) is 0 Å². The van der Waals surface area contributed by atoms with Crippen LogP contribution in [0.5, 0.6) is 5.75 Å². The zero-order chi connectivity index (χ0) is 9.14. The molecule has 2 nitrogen and oxygen atoms in total. The van der Waals surface area contributed by atoms with Gasteiger partial charge in [-0.05, 0) is 37.1 Å². The molecule has 0 spiro atoms. The second kappa shape index (κ2) is 3.78. The summed E-state index contributed by atoms with van der Waals surface area (Å²) in [5.41, 5.74) is 6.50. The lowest BCUT2D eigenvalue weighted by Gasteiger charge is -2.07. The second-order valence-corrected chi connectivity index (χ2v) is 3.36. The number of phenols is 1. The lowest BCUT2D eigenvalue weighted by molar-refractivity contribution is 0.474. The lowest BCUT2D eigenvalue weighted by atomic mass is 10.1. The van der Waals surface area contributed by atoms with Crippen molar-refractivity contribution in [3.63, 3.8) is 0 Å². The topological polar surface area (TPSA) is 46.2 Å². The smallest absolute Gasteiger partial charge is 0.115 e. The SMILES string of the molecule is C[C@H](N)Cc1cc(O)ccc1Cl. The molecule has 0 aliphatic carbocycles. The molecule has 0 saturated heterocycles. The van der Waals surface area contributed by atoms with Gasteiger partial charge in [-0.15, -0.1) is 0 Å². The average molecular weight is 186 g/mol. The molecule has 1 aromatic carbocycles. The van der Waals surface area contributed by atoms with Gasteiger partial charge in [0, 0.05) is 11.1 Å². The maximum Gasteiger partial charge on any atom is 0.115 e. The molecule has 1 aromatic rings. The third-order valence-corrected chi connectivity index (χ3v) is 1.94. The molecule has 3 heteroatoms. The Morgan fingerprint density at radius 1 is 1.58 bits per heavy atom. The molecule has 3 N–H and O–H groups in total. The van der Waals surface area contributed by atoms with Crippen LogP contribution in [0.3, 0.4) is 0 Å². The van der Waals surface area contributed by atoms with Crippen LogP contribution < -0.4 is 5.73 Å². The van der Waals surface area contributed by atoms with E-state index in [1.165, 1.54) is 0 Å². The molecule has 0 heterocycles. The minimum atomic E-state index is 0.0595. The van der Waals surface area contributed by atoms with Crippen LogP contribution in [0.2, 0.25) is 5.02 Å². The Balaban J connectivity index is 2.90. The highest BCUT2D eigenvalue weighted by molar-refractivity contribution is 6.31. The first kappa shape index (κ1) is 9.36. The van der Waals surface area contributed by atoms with Gasteiger partial charge in [-0.25, -0.2) is 0 Å². The van der Waals surface area contributed by atoms with Crippen LogP contribution in [-0.2, 0) is 6.42 Å². The molecule has 0 amide bonds. The summed E-state index contributed by atoms with van der Waals surface area (Å²) in [4.78, 5) is 0. The predicted molar refractivity (Wildman–Crippen MR) is 50.5 cm³/mol. The number of aromatic hydroxyl groups is 1. The van der Waals surface area contributed by atoms with Gasteiger partial charge in [-0.2, -0.15) is 0 Å². The normalized spacial score (nSPS) is 12.9. The van der Waals surface area contributed by atoms with E-state index in [-0.39, 0.29) is 11.8 Å². The molecular formula is C9H12ClNO. The van der Waals surface area contributed by atoms with E-state index in [9.17, 15) is 0 Å². The van der Waals surface area contributed by atoms with E-state index in [1.54, 1.807) is 18.2 Å². The number of rotatable bonds is 2. The summed E-state index contributed by atoms with van der Waals surface area (Å²) in [7, 11) is 0. The second-order valence-electron chi connectivity index (χ2n) is 2.96. The highest BCUT2D eigenvalue weighted by Gasteiger charge is 2.03. The van der Waals surface area contributed by atoms with Crippen molar-refractivity contribution in [2.75, 3.05) is 0 Å². The van der Waals surface area contributed by atoms with Gasteiger partial charge < -0.3 is 10.8 Å². The Morgan fingerprint density at radius 2 is 2.25 bits per heavy atom. The average Bonchev–Trinajstić information content (AvgIpc) is 1.96. The first-order chi connectivity index (χ1) is 5.59. The fourth-order valence-corrected chi connectivity index (χ4v) is 1.26. The fraction of sp³-hybridized carbons (Fsp3) is 0.333. The molecule has 0 aromatic heterocycles. The predicted octanol–water partition coefficient (Wildman–Crippen LogP) is 1.94. The van der Waals surface area contributed by atoms with E-state index < -0.39 is 0 Å². The van der Waals surface area contributed by atoms with E-state index in [1.807, 2.05) is 6.92 Å². The Morgan fingerprint density at radius 3 is 2.83 bits per heavy atom. The molecule has 0 aliphatic heterocycles. The van der Waals surface area contributed by atoms with Gasteiger partial charge in [0.1, 0.15) is 5.75 Å². The third kappa shape index (κ3) is 2.40. The van der Waals surface area contributed by atoms with Gasteiger partial charge in [0.15, 0.2) is 0 Å². The largest absolute Gasteiger partial charge is 0.508 e. The van der Waals surface area contributed by atoms with Crippen molar-refractivity contribution < 1.29 is 5.11 Å². The van der Waals surface area contributed by atoms with Crippen LogP contribution in [0, 0.1) is 0 Å². The molecule has 66 valence electrons. The van der Waals surface area contributed by atoms with E-state index in [0.29, 0.717) is 11.4 Å². The molecular weight excluding hydrogens is 174 g/mol. The van der Waals surface area contributed by atoms with Crippen molar-refractivity contribution in [3.05, 3.63) is 28.8 Å². The Bertz CT molecular complexity index is 273. The van der Waals surface area contributed by atoms with Crippen molar-refractivity contribution >= 4 is 11.6 Å². The van der Waals surface area contributed by atoms with Gasteiger partial charge in [-0.3, -0.25) is 0 Å². The Kier molecular flexibility index (Phi) is 2.95. The standard InChI is InChI=1S/C9H12ClNO/c1-6(11)4-7-5-8(12)2-3-9(7)10/h2-3,5-6,12H,4,11H2,1H3/t6-/m0/s1. The molecule has 0 radical (unpaired) electrons. The summed E-state index contributed by atoms with van der Waals surface area (Å²) in [6, 6.07) is 4.94. The molecule has 0 saturated carbocycles. The third-order valence-electron chi connectivity index (χ3n) is 1.57.